The molecule has 0 bridgehead atoms. The molecule has 0 amide bonds. The van der Waals surface area contributed by atoms with Gasteiger partial charge in [-0.05, 0) is 36.8 Å². The number of methoxy groups -OCH3 is 1. The monoisotopic (exact) mass is 319 g/mol. The molecule has 2 N–H and O–H groups in total. The summed E-state index contributed by atoms with van der Waals surface area (Å²) in [4.78, 5) is 4.21. The number of nitrogens with one attached hydrogen (secondary N) is 2. The molecule has 0 saturated carbocycles. The van der Waals surface area contributed by atoms with Crippen molar-refractivity contribution in [1.29, 1.82) is 0 Å². The lowest BCUT2D eigenvalue weighted by Gasteiger charge is -2.10. The largest absolute Gasteiger partial charge is 0.377 e. The minimum atomic E-state index is 0.0416. The van der Waals surface area contributed by atoms with Crippen molar-refractivity contribution in [2.24, 2.45) is 0 Å². The van der Waals surface area contributed by atoms with E-state index in [1.54, 1.807) is 7.11 Å². The molecule has 2 aromatic carbocycles. The molecular weight excluding hydrogens is 302 g/mol. The molecule has 0 spiro atoms. The molecule has 0 saturated heterocycles. The fourth-order valence-electron chi connectivity index (χ4n) is 2.80. The van der Waals surface area contributed by atoms with E-state index in [9.17, 15) is 0 Å². The molecule has 0 aliphatic rings. The highest BCUT2D eigenvalue weighted by Crippen LogP contribution is 2.31. The standard InChI is InChI=1S/C18H17N5O/c1-11(24-2)12-4-3-5-13(8-12)17-15-9-14(18-19-10-20-23-18)6-7-16(15)21-22-17/h3-11H,1-2H3,(H,21,22)(H,19,20,23). The molecule has 0 aliphatic heterocycles. The number of H-pyrrole nitrogens is 2. The number of hydrogen-bond acceptors (Lipinski definition) is 4. The molecule has 1 unspecified atom stereocenters. The van der Waals surface area contributed by atoms with Gasteiger partial charge < -0.3 is 4.74 Å². The van der Waals surface area contributed by atoms with Gasteiger partial charge in [-0.1, -0.05) is 18.2 Å². The molecular formula is C18H17N5O. The van der Waals surface area contributed by atoms with Gasteiger partial charge in [-0.25, -0.2) is 4.98 Å². The van der Waals surface area contributed by atoms with Gasteiger partial charge in [-0.15, -0.1) is 0 Å². The Kier molecular flexibility index (Phi) is 3.59. The highest BCUT2D eigenvalue weighted by Gasteiger charge is 2.12. The molecule has 0 radical (unpaired) electrons. The first-order valence-corrected chi connectivity index (χ1v) is 7.73. The van der Waals surface area contributed by atoms with Crippen LogP contribution in [0.15, 0.2) is 48.8 Å². The number of aromatic nitrogens is 5. The molecule has 4 aromatic rings. The van der Waals surface area contributed by atoms with Gasteiger partial charge in [-0.3, -0.25) is 10.2 Å². The number of rotatable bonds is 4. The molecule has 6 heteroatoms. The highest BCUT2D eigenvalue weighted by atomic mass is 16.5. The van der Waals surface area contributed by atoms with Crippen molar-refractivity contribution in [1.82, 2.24) is 25.4 Å². The number of benzene rings is 2. The van der Waals surface area contributed by atoms with Gasteiger partial charge in [0.1, 0.15) is 6.33 Å². The lowest BCUT2D eigenvalue weighted by atomic mass is 10.0. The average molecular weight is 319 g/mol. The van der Waals surface area contributed by atoms with Crippen LogP contribution in [0.25, 0.3) is 33.5 Å². The second-order valence-corrected chi connectivity index (χ2v) is 5.67. The summed E-state index contributed by atoms with van der Waals surface area (Å²) in [6.45, 7) is 2.03. The first-order valence-electron chi connectivity index (χ1n) is 7.73. The minimum Gasteiger partial charge on any atom is -0.377 e. The van der Waals surface area contributed by atoms with Gasteiger partial charge in [0.2, 0.25) is 0 Å². The van der Waals surface area contributed by atoms with Crippen molar-refractivity contribution in [3.63, 3.8) is 0 Å². The second kappa shape index (κ2) is 5.90. The molecule has 0 aliphatic carbocycles. The number of nitrogens with zero attached hydrogens (tertiary/aromatic N) is 3. The van der Waals surface area contributed by atoms with Crippen LogP contribution in [0.3, 0.4) is 0 Å². The van der Waals surface area contributed by atoms with E-state index in [4.69, 9.17) is 4.74 Å². The molecule has 24 heavy (non-hydrogen) atoms. The topological polar surface area (TPSA) is 79.5 Å². The zero-order valence-corrected chi connectivity index (χ0v) is 13.4. The lowest BCUT2D eigenvalue weighted by Crippen LogP contribution is -1.95. The summed E-state index contributed by atoms with van der Waals surface area (Å²) < 4.78 is 5.42. The third-order valence-electron chi connectivity index (χ3n) is 4.23. The Bertz CT molecular complexity index is 974. The first-order chi connectivity index (χ1) is 11.8. The molecule has 2 heterocycles. The van der Waals surface area contributed by atoms with Crippen LogP contribution >= 0.6 is 0 Å². The SMILES string of the molecule is COC(C)c1cccc(-c2n[nH]c3ccc(-c4ncn[nH]4)cc23)c1. The van der Waals surface area contributed by atoms with Gasteiger partial charge in [-0.2, -0.15) is 10.2 Å². The Morgan fingerprint density at radius 1 is 1.04 bits per heavy atom. The molecule has 1 atom stereocenters. The maximum atomic E-state index is 5.42. The van der Waals surface area contributed by atoms with Crippen molar-refractivity contribution in [2.45, 2.75) is 13.0 Å². The van der Waals surface area contributed by atoms with Gasteiger partial charge >= 0.3 is 0 Å². The smallest absolute Gasteiger partial charge is 0.155 e. The lowest BCUT2D eigenvalue weighted by molar-refractivity contribution is 0.119. The second-order valence-electron chi connectivity index (χ2n) is 5.67. The first kappa shape index (κ1) is 14.6. The predicted molar refractivity (Wildman–Crippen MR) is 92.3 cm³/mol. The summed E-state index contributed by atoms with van der Waals surface area (Å²) in [7, 11) is 1.71. The van der Waals surface area contributed by atoms with Crippen LogP contribution in [0.2, 0.25) is 0 Å². The fourth-order valence-corrected chi connectivity index (χ4v) is 2.80. The van der Waals surface area contributed by atoms with E-state index in [2.05, 4.69) is 49.6 Å². The van der Waals surface area contributed by atoms with Crippen LogP contribution < -0.4 is 0 Å². The summed E-state index contributed by atoms with van der Waals surface area (Å²) in [6, 6.07) is 14.3. The third-order valence-corrected chi connectivity index (χ3v) is 4.23. The Morgan fingerprint density at radius 3 is 2.75 bits per heavy atom. The van der Waals surface area contributed by atoms with Crippen molar-refractivity contribution in [2.75, 3.05) is 7.11 Å². The maximum absolute atomic E-state index is 5.42. The Hall–Kier alpha value is -2.99. The van der Waals surface area contributed by atoms with E-state index in [1.165, 1.54) is 6.33 Å². The van der Waals surface area contributed by atoms with Crippen LogP contribution in [-0.2, 0) is 4.74 Å². The Labute approximate surface area is 138 Å². The number of fused-ring (bicyclic) bond motifs is 1. The van der Waals surface area contributed by atoms with Crippen LogP contribution in [0.1, 0.15) is 18.6 Å². The maximum Gasteiger partial charge on any atom is 0.155 e. The average Bonchev–Trinajstić information content (AvgIpc) is 3.30. The zero-order valence-electron chi connectivity index (χ0n) is 13.4. The molecule has 6 nitrogen and oxygen atoms in total. The number of hydrogen-bond donors (Lipinski definition) is 2. The predicted octanol–water partition coefficient (Wildman–Crippen LogP) is 3.72. The fraction of sp³-hybridized carbons (Fsp3) is 0.167. The Morgan fingerprint density at radius 2 is 1.96 bits per heavy atom. The quantitative estimate of drug-likeness (QED) is 0.601. The molecule has 4 rings (SSSR count). The summed E-state index contributed by atoms with van der Waals surface area (Å²) in [5.74, 6) is 0.741. The summed E-state index contributed by atoms with van der Waals surface area (Å²) in [6.07, 6.45) is 1.55. The van der Waals surface area contributed by atoms with Gasteiger partial charge in [0.15, 0.2) is 5.82 Å². The Balaban J connectivity index is 1.84. The van der Waals surface area contributed by atoms with E-state index < -0.39 is 0 Å². The van der Waals surface area contributed by atoms with Crippen LogP contribution in [-0.4, -0.2) is 32.5 Å². The molecule has 2 aromatic heterocycles. The zero-order chi connectivity index (χ0) is 16.5. The van der Waals surface area contributed by atoms with Crippen molar-refractivity contribution < 1.29 is 4.74 Å². The van der Waals surface area contributed by atoms with E-state index in [-0.39, 0.29) is 6.10 Å². The van der Waals surface area contributed by atoms with E-state index >= 15 is 0 Å². The van der Waals surface area contributed by atoms with Crippen LogP contribution in [0, 0.1) is 0 Å². The number of ether oxygens (including phenoxy) is 1. The highest BCUT2D eigenvalue weighted by molar-refractivity contribution is 5.95. The van der Waals surface area contributed by atoms with E-state index in [1.807, 2.05) is 25.1 Å². The normalized spacial score (nSPS) is 12.6. The minimum absolute atomic E-state index is 0.0416. The molecule has 120 valence electrons. The summed E-state index contributed by atoms with van der Waals surface area (Å²) in [5, 5.41) is 15.5. The van der Waals surface area contributed by atoms with E-state index in [0.717, 1.165) is 39.1 Å². The summed E-state index contributed by atoms with van der Waals surface area (Å²) in [5.41, 5.74) is 5.05. The van der Waals surface area contributed by atoms with E-state index in [0.29, 0.717) is 0 Å². The van der Waals surface area contributed by atoms with Gasteiger partial charge in [0.05, 0.1) is 17.3 Å². The summed E-state index contributed by atoms with van der Waals surface area (Å²) >= 11 is 0. The number of aromatic amines is 2. The third kappa shape index (κ3) is 2.47. The van der Waals surface area contributed by atoms with Crippen molar-refractivity contribution in [3.05, 3.63) is 54.4 Å². The van der Waals surface area contributed by atoms with Crippen LogP contribution in [0.4, 0.5) is 0 Å². The van der Waals surface area contributed by atoms with Crippen molar-refractivity contribution in [3.8, 4) is 22.6 Å². The van der Waals surface area contributed by atoms with Gasteiger partial charge in [0.25, 0.3) is 0 Å². The molecule has 0 fully saturated rings. The van der Waals surface area contributed by atoms with Crippen molar-refractivity contribution >= 4 is 10.9 Å². The van der Waals surface area contributed by atoms with Gasteiger partial charge in [0, 0.05) is 23.6 Å². The van der Waals surface area contributed by atoms with Crippen LogP contribution in [0.5, 0.6) is 0 Å².